The molecule has 1 aromatic heterocycles. The number of thiophene rings is 1. The molecule has 1 atom stereocenters. The fourth-order valence-corrected chi connectivity index (χ4v) is 11.9. The van der Waals surface area contributed by atoms with E-state index in [0.717, 1.165) is 17.1 Å². The zero-order chi connectivity index (χ0) is 40.0. The highest BCUT2D eigenvalue weighted by atomic mass is 32.1. The van der Waals surface area contributed by atoms with Gasteiger partial charge in [-0.1, -0.05) is 184 Å². The first kappa shape index (κ1) is 35.0. The largest absolute Gasteiger partial charge is 0.310 e. The van der Waals surface area contributed by atoms with Crippen LogP contribution in [0.4, 0.5) is 17.1 Å². The van der Waals surface area contributed by atoms with Gasteiger partial charge >= 0.3 is 0 Å². The minimum atomic E-state index is -0.609. The van der Waals surface area contributed by atoms with Gasteiger partial charge in [0.05, 0.1) is 5.41 Å². The lowest BCUT2D eigenvalue weighted by Gasteiger charge is -2.36. The van der Waals surface area contributed by atoms with Crippen LogP contribution < -0.4 is 4.90 Å². The third-order valence-corrected chi connectivity index (χ3v) is 14.6. The van der Waals surface area contributed by atoms with Crippen LogP contribution in [0.5, 0.6) is 0 Å². The predicted octanol–water partition coefficient (Wildman–Crippen LogP) is 15.9. The summed E-state index contributed by atoms with van der Waals surface area (Å²) in [5.41, 5.74) is 18.3. The quantitative estimate of drug-likeness (QED) is 0.162. The van der Waals surface area contributed by atoms with Gasteiger partial charge in [-0.2, -0.15) is 0 Å². The van der Waals surface area contributed by atoms with Crippen molar-refractivity contribution in [2.24, 2.45) is 0 Å². The normalized spacial score (nSPS) is 15.7. The molecule has 0 N–H and O–H groups in total. The second-order valence-electron chi connectivity index (χ2n) is 16.8. The van der Waals surface area contributed by atoms with Crippen LogP contribution in [-0.2, 0) is 10.8 Å². The van der Waals surface area contributed by atoms with Crippen molar-refractivity contribution in [3.05, 3.63) is 246 Å². The summed E-state index contributed by atoms with van der Waals surface area (Å²) < 4.78 is 2.64. The highest BCUT2D eigenvalue weighted by Crippen LogP contribution is 2.59. The molecule has 10 aromatic rings. The Labute approximate surface area is 355 Å². The maximum atomic E-state index is 2.50. The number of hydrogen-bond acceptors (Lipinski definition) is 2. The average molecular weight is 784 g/mol. The molecule has 0 spiro atoms. The van der Waals surface area contributed by atoms with Crippen LogP contribution in [0, 0.1) is 0 Å². The first-order valence-corrected chi connectivity index (χ1v) is 21.7. The van der Waals surface area contributed by atoms with Gasteiger partial charge in [-0.05, 0) is 109 Å². The van der Waals surface area contributed by atoms with E-state index in [9.17, 15) is 0 Å². The molecular weight excluding hydrogens is 743 g/mol. The van der Waals surface area contributed by atoms with Gasteiger partial charge in [0.1, 0.15) is 0 Å². The Balaban J connectivity index is 1.13. The Kier molecular flexibility index (Phi) is 7.73. The fourth-order valence-electron chi connectivity index (χ4n) is 10.7. The van der Waals surface area contributed by atoms with E-state index in [1.807, 2.05) is 11.3 Å². The molecule has 60 heavy (non-hydrogen) atoms. The Morgan fingerprint density at radius 1 is 0.350 bits per heavy atom. The van der Waals surface area contributed by atoms with Crippen molar-refractivity contribution in [3.8, 4) is 33.4 Å². The Hall–Kier alpha value is -7.00. The van der Waals surface area contributed by atoms with E-state index >= 15 is 0 Å². The third-order valence-electron chi connectivity index (χ3n) is 13.4. The van der Waals surface area contributed by atoms with E-state index in [1.165, 1.54) is 86.9 Å². The number of nitrogens with zero attached hydrogens (tertiary/aromatic N) is 1. The van der Waals surface area contributed by atoms with Gasteiger partial charge in [0, 0.05) is 42.6 Å². The van der Waals surface area contributed by atoms with E-state index in [4.69, 9.17) is 0 Å². The fraction of sp³-hybridized carbons (Fsp3) is 0.0690. The predicted molar refractivity (Wildman–Crippen MR) is 254 cm³/mol. The number of hydrogen-bond donors (Lipinski definition) is 0. The molecule has 1 nitrogen and oxygen atoms in total. The van der Waals surface area contributed by atoms with E-state index in [2.05, 4.69) is 231 Å². The Morgan fingerprint density at radius 3 is 1.53 bits per heavy atom. The van der Waals surface area contributed by atoms with Crippen molar-refractivity contribution in [2.75, 3.05) is 4.90 Å². The molecule has 0 fully saturated rings. The summed E-state index contributed by atoms with van der Waals surface area (Å²) in [5, 5.41) is 2.63. The Morgan fingerprint density at radius 2 is 0.833 bits per heavy atom. The second-order valence-corrected chi connectivity index (χ2v) is 17.8. The SMILES string of the molecule is CC1(C)c2ccccc2-c2ccc(N(c3ccccc3)c3ccc4c(c3)C(c3ccccc3)(c3ccccc3-c3cccc5c3sc3ccccc35)c3ccccc3-4)cc21. The Bertz CT molecular complexity index is 3300. The van der Waals surface area contributed by atoms with Gasteiger partial charge in [0.15, 0.2) is 0 Å². The molecule has 0 aliphatic heterocycles. The molecule has 2 aliphatic carbocycles. The van der Waals surface area contributed by atoms with Crippen molar-refractivity contribution >= 4 is 48.6 Å². The number of anilines is 3. The summed E-state index contributed by atoms with van der Waals surface area (Å²) in [7, 11) is 0. The van der Waals surface area contributed by atoms with Gasteiger partial charge in [-0.3, -0.25) is 0 Å². The second kappa shape index (κ2) is 13.3. The molecule has 284 valence electrons. The van der Waals surface area contributed by atoms with Crippen LogP contribution in [-0.4, -0.2) is 0 Å². The van der Waals surface area contributed by atoms with E-state index in [1.54, 1.807) is 0 Å². The van der Waals surface area contributed by atoms with Crippen molar-refractivity contribution in [1.82, 2.24) is 0 Å². The smallest absolute Gasteiger partial charge is 0.0720 e. The summed E-state index contributed by atoms with van der Waals surface area (Å²) in [6.07, 6.45) is 0. The molecule has 2 heteroatoms. The third kappa shape index (κ3) is 4.92. The van der Waals surface area contributed by atoms with Crippen LogP contribution in [0.3, 0.4) is 0 Å². The van der Waals surface area contributed by atoms with Crippen LogP contribution in [0.1, 0.15) is 47.2 Å². The molecule has 0 saturated carbocycles. The van der Waals surface area contributed by atoms with Crippen molar-refractivity contribution in [3.63, 3.8) is 0 Å². The lowest BCUT2D eigenvalue weighted by atomic mass is 9.66. The van der Waals surface area contributed by atoms with Gasteiger partial charge in [-0.25, -0.2) is 0 Å². The summed E-state index contributed by atoms with van der Waals surface area (Å²) in [6.45, 7) is 4.73. The molecule has 9 aromatic carbocycles. The zero-order valence-corrected chi connectivity index (χ0v) is 34.4. The summed E-state index contributed by atoms with van der Waals surface area (Å²) in [6, 6.07) is 79.3. The van der Waals surface area contributed by atoms with Crippen LogP contribution >= 0.6 is 11.3 Å². The van der Waals surface area contributed by atoms with Crippen LogP contribution in [0.2, 0.25) is 0 Å². The van der Waals surface area contributed by atoms with Crippen molar-refractivity contribution in [1.29, 1.82) is 0 Å². The average Bonchev–Trinajstić information content (AvgIpc) is 3.91. The maximum Gasteiger partial charge on any atom is 0.0720 e. The molecule has 1 unspecified atom stereocenters. The van der Waals surface area contributed by atoms with E-state index < -0.39 is 5.41 Å². The number of rotatable bonds is 6. The minimum Gasteiger partial charge on any atom is -0.310 e. The van der Waals surface area contributed by atoms with Crippen molar-refractivity contribution in [2.45, 2.75) is 24.7 Å². The first-order valence-electron chi connectivity index (χ1n) is 20.9. The van der Waals surface area contributed by atoms with Crippen LogP contribution in [0.15, 0.2) is 212 Å². The number of benzene rings is 9. The lowest BCUT2D eigenvalue weighted by Crippen LogP contribution is -2.29. The molecular formula is C58H41NS. The van der Waals surface area contributed by atoms with Crippen molar-refractivity contribution < 1.29 is 0 Å². The maximum absolute atomic E-state index is 2.50. The van der Waals surface area contributed by atoms with E-state index in [0.29, 0.717) is 0 Å². The van der Waals surface area contributed by atoms with Gasteiger partial charge in [0.25, 0.3) is 0 Å². The topological polar surface area (TPSA) is 3.24 Å². The lowest BCUT2D eigenvalue weighted by molar-refractivity contribution is 0.660. The summed E-state index contributed by atoms with van der Waals surface area (Å²) >= 11 is 1.90. The number of para-hydroxylation sites is 1. The molecule has 1 heterocycles. The summed E-state index contributed by atoms with van der Waals surface area (Å²) in [4.78, 5) is 2.46. The molecule has 0 saturated heterocycles. The molecule has 0 bridgehead atoms. The highest BCUT2D eigenvalue weighted by Gasteiger charge is 2.47. The standard InChI is InChI=1S/C58H41NS/c1-57(2)50-28-13-9-22-42(50)45-34-32-40(36-53(45)57)59(39-20-7-4-8-21-39)41-33-35-46-43-23-10-14-29-51(43)58(54(46)37-41,38-18-5-3-6-19-38)52-30-15-11-24-44(52)48-26-17-27-49-47-25-12-16-31-55(47)60-56(48)49/h3-37H,1-2H3. The number of fused-ring (bicyclic) bond motifs is 9. The van der Waals surface area contributed by atoms with Crippen LogP contribution in [0.25, 0.3) is 53.6 Å². The molecule has 2 aliphatic rings. The van der Waals surface area contributed by atoms with E-state index in [-0.39, 0.29) is 5.41 Å². The molecule has 0 amide bonds. The molecule has 12 rings (SSSR count). The van der Waals surface area contributed by atoms with Gasteiger partial charge in [-0.15, -0.1) is 11.3 Å². The monoisotopic (exact) mass is 783 g/mol. The molecule has 0 radical (unpaired) electrons. The zero-order valence-electron chi connectivity index (χ0n) is 33.6. The van der Waals surface area contributed by atoms with Gasteiger partial charge < -0.3 is 4.90 Å². The first-order chi connectivity index (χ1) is 29.5. The highest BCUT2D eigenvalue weighted by molar-refractivity contribution is 7.26. The summed E-state index contributed by atoms with van der Waals surface area (Å²) in [5.74, 6) is 0. The minimum absolute atomic E-state index is 0.118. The van der Waals surface area contributed by atoms with Gasteiger partial charge in [0.2, 0.25) is 0 Å².